The molecule has 0 bridgehead atoms. The van der Waals surface area contributed by atoms with Crippen LogP contribution in [0.2, 0.25) is 0 Å². The zero-order valence-electron chi connectivity index (χ0n) is 9.46. The lowest BCUT2D eigenvalue weighted by Crippen LogP contribution is -2.11. The summed E-state index contributed by atoms with van der Waals surface area (Å²) in [4.78, 5) is 6.04. The fourth-order valence-corrected chi connectivity index (χ4v) is 1.35. The predicted octanol–water partition coefficient (Wildman–Crippen LogP) is 1.86. The van der Waals surface area contributed by atoms with Gasteiger partial charge in [0.05, 0.1) is 5.70 Å². The van der Waals surface area contributed by atoms with Crippen LogP contribution in [0.3, 0.4) is 0 Å². The van der Waals surface area contributed by atoms with E-state index in [1.165, 1.54) is 0 Å². The van der Waals surface area contributed by atoms with Crippen molar-refractivity contribution >= 4 is 11.6 Å². The topological polar surface area (TPSA) is 34.0 Å². The van der Waals surface area contributed by atoms with Gasteiger partial charge in [0.15, 0.2) is 0 Å². The Morgan fingerprint density at radius 1 is 1.25 bits per heavy atom. The van der Waals surface area contributed by atoms with Gasteiger partial charge >= 0.3 is 0 Å². The maximum atomic E-state index is 4.32. The summed E-state index contributed by atoms with van der Waals surface area (Å²) in [6, 6.07) is 9.93. The van der Waals surface area contributed by atoms with Crippen LogP contribution < -0.4 is 4.90 Å². The minimum Gasteiger partial charge on any atom is -0.346 e. The van der Waals surface area contributed by atoms with E-state index in [4.69, 9.17) is 0 Å². The normalized spacial score (nSPS) is 10.1. The first kappa shape index (κ1) is 10.4. The molecule has 0 unspecified atom stereocenters. The van der Waals surface area contributed by atoms with Crippen molar-refractivity contribution in [2.24, 2.45) is 0 Å². The molecule has 0 atom stereocenters. The van der Waals surface area contributed by atoms with Gasteiger partial charge in [0, 0.05) is 14.1 Å². The SMILES string of the molecule is C=C(c1ccccc1)n1cnc(N(C)C)n1. The summed E-state index contributed by atoms with van der Waals surface area (Å²) in [6.45, 7) is 4.01. The first-order valence-corrected chi connectivity index (χ1v) is 5.02. The average molecular weight is 214 g/mol. The van der Waals surface area contributed by atoms with Crippen LogP contribution in [0.25, 0.3) is 5.70 Å². The Bertz CT molecular complexity index is 485. The van der Waals surface area contributed by atoms with Crippen LogP contribution in [-0.4, -0.2) is 28.9 Å². The highest BCUT2D eigenvalue weighted by Gasteiger charge is 2.06. The van der Waals surface area contributed by atoms with E-state index in [0.29, 0.717) is 5.95 Å². The third-order valence-corrected chi connectivity index (χ3v) is 2.26. The molecule has 1 aromatic heterocycles. The molecule has 0 saturated carbocycles. The predicted molar refractivity (Wildman–Crippen MR) is 65.2 cm³/mol. The first-order chi connectivity index (χ1) is 7.68. The molecule has 0 aliphatic heterocycles. The number of benzene rings is 1. The average Bonchev–Trinajstić information content (AvgIpc) is 2.78. The van der Waals surface area contributed by atoms with E-state index < -0.39 is 0 Å². The van der Waals surface area contributed by atoms with Gasteiger partial charge < -0.3 is 4.90 Å². The number of anilines is 1. The van der Waals surface area contributed by atoms with E-state index in [1.54, 1.807) is 11.0 Å². The summed E-state index contributed by atoms with van der Waals surface area (Å²) < 4.78 is 1.69. The molecule has 16 heavy (non-hydrogen) atoms. The van der Waals surface area contributed by atoms with Crippen molar-refractivity contribution in [3.05, 3.63) is 48.8 Å². The van der Waals surface area contributed by atoms with Crippen LogP contribution in [0.5, 0.6) is 0 Å². The van der Waals surface area contributed by atoms with Gasteiger partial charge in [-0.1, -0.05) is 36.9 Å². The van der Waals surface area contributed by atoms with Crippen LogP contribution in [0.15, 0.2) is 43.2 Å². The van der Waals surface area contributed by atoms with Gasteiger partial charge in [-0.25, -0.2) is 4.68 Å². The summed E-state index contributed by atoms with van der Waals surface area (Å²) in [5.41, 5.74) is 1.86. The third kappa shape index (κ3) is 1.95. The fourth-order valence-electron chi connectivity index (χ4n) is 1.35. The minimum absolute atomic E-state index is 0.678. The van der Waals surface area contributed by atoms with Crippen molar-refractivity contribution < 1.29 is 0 Å². The molecule has 2 aromatic rings. The molecule has 4 heteroatoms. The molecular formula is C12H14N4. The molecular weight excluding hydrogens is 200 g/mol. The Hall–Kier alpha value is -2.10. The number of hydrogen-bond donors (Lipinski definition) is 0. The summed E-state index contributed by atoms with van der Waals surface area (Å²) in [7, 11) is 3.82. The van der Waals surface area contributed by atoms with Crippen molar-refractivity contribution in [1.82, 2.24) is 14.8 Å². The van der Waals surface area contributed by atoms with Crippen LogP contribution in [-0.2, 0) is 0 Å². The number of aromatic nitrogens is 3. The summed E-state index contributed by atoms with van der Waals surface area (Å²) in [5.74, 6) is 0.678. The van der Waals surface area contributed by atoms with E-state index in [9.17, 15) is 0 Å². The quantitative estimate of drug-likeness (QED) is 0.782. The van der Waals surface area contributed by atoms with Gasteiger partial charge in [-0.05, 0) is 5.56 Å². The highest BCUT2D eigenvalue weighted by molar-refractivity contribution is 5.62. The number of rotatable bonds is 3. The number of hydrogen-bond acceptors (Lipinski definition) is 3. The van der Waals surface area contributed by atoms with Crippen molar-refractivity contribution in [2.45, 2.75) is 0 Å². The monoisotopic (exact) mass is 214 g/mol. The fraction of sp³-hybridized carbons (Fsp3) is 0.167. The van der Waals surface area contributed by atoms with Crippen LogP contribution in [0.4, 0.5) is 5.95 Å². The summed E-state index contributed by atoms with van der Waals surface area (Å²) in [5, 5.41) is 4.32. The van der Waals surface area contributed by atoms with Gasteiger partial charge in [0.1, 0.15) is 6.33 Å². The molecule has 0 amide bonds. The first-order valence-electron chi connectivity index (χ1n) is 5.02. The highest BCUT2D eigenvalue weighted by Crippen LogP contribution is 2.14. The van der Waals surface area contributed by atoms with Crippen molar-refractivity contribution in [1.29, 1.82) is 0 Å². The summed E-state index contributed by atoms with van der Waals surface area (Å²) in [6.07, 6.45) is 1.67. The zero-order chi connectivity index (χ0) is 11.5. The van der Waals surface area contributed by atoms with Gasteiger partial charge in [0.25, 0.3) is 0 Å². The smallest absolute Gasteiger partial charge is 0.244 e. The molecule has 1 heterocycles. The Morgan fingerprint density at radius 3 is 2.50 bits per heavy atom. The molecule has 0 radical (unpaired) electrons. The van der Waals surface area contributed by atoms with Crippen molar-refractivity contribution in [3.8, 4) is 0 Å². The largest absolute Gasteiger partial charge is 0.346 e. The molecule has 0 aliphatic carbocycles. The lowest BCUT2D eigenvalue weighted by molar-refractivity contribution is 0.888. The van der Waals surface area contributed by atoms with Crippen LogP contribution in [0, 0.1) is 0 Å². The maximum Gasteiger partial charge on any atom is 0.244 e. The standard InChI is InChI=1S/C12H14N4/c1-10(11-7-5-4-6-8-11)16-9-13-12(14-16)15(2)3/h4-9H,1H2,2-3H3. The van der Waals surface area contributed by atoms with E-state index in [0.717, 1.165) is 11.3 Å². The second kappa shape index (κ2) is 4.18. The molecule has 2 rings (SSSR count). The molecule has 0 N–H and O–H groups in total. The van der Waals surface area contributed by atoms with Crippen LogP contribution in [0.1, 0.15) is 5.56 Å². The van der Waals surface area contributed by atoms with E-state index in [1.807, 2.05) is 49.3 Å². The van der Waals surface area contributed by atoms with E-state index >= 15 is 0 Å². The lowest BCUT2D eigenvalue weighted by Gasteiger charge is -2.06. The summed E-state index contributed by atoms with van der Waals surface area (Å²) >= 11 is 0. The minimum atomic E-state index is 0.678. The molecule has 0 aliphatic rings. The molecule has 4 nitrogen and oxygen atoms in total. The van der Waals surface area contributed by atoms with Gasteiger partial charge in [0.2, 0.25) is 5.95 Å². The Kier molecular flexibility index (Phi) is 2.72. The Morgan fingerprint density at radius 2 is 1.94 bits per heavy atom. The van der Waals surface area contributed by atoms with Crippen molar-refractivity contribution in [2.75, 3.05) is 19.0 Å². The second-order valence-electron chi connectivity index (χ2n) is 3.70. The Labute approximate surface area is 94.8 Å². The van der Waals surface area contributed by atoms with Gasteiger partial charge in [-0.2, -0.15) is 4.98 Å². The maximum absolute atomic E-state index is 4.32. The molecule has 0 spiro atoms. The lowest BCUT2D eigenvalue weighted by atomic mass is 10.2. The zero-order valence-corrected chi connectivity index (χ0v) is 9.46. The van der Waals surface area contributed by atoms with Crippen molar-refractivity contribution in [3.63, 3.8) is 0 Å². The highest BCUT2D eigenvalue weighted by atomic mass is 15.4. The molecule has 1 aromatic carbocycles. The third-order valence-electron chi connectivity index (χ3n) is 2.26. The Balaban J connectivity index is 2.28. The van der Waals surface area contributed by atoms with Gasteiger partial charge in [-0.3, -0.25) is 0 Å². The van der Waals surface area contributed by atoms with E-state index in [-0.39, 0.29) is 0 Å². The second-order valence-corrected chi connectivity index (χ2v) is 3.70. The van der Waals surface area contributed by atoms with E-state index in [2.05, 4.69) is 16.7 Å². The van der Waals surface area contributed by atoms with Crippen LogP contribution >= 0.6 is 0 Å². The number of nitrogens with zero attached hydrogens (tertiary/aromatic N) is 4. The molecule has 82 valence electrons. The molecule has 0 fully saturated rings. The molecule has 0 saturated heterocycles. The van der Waals surface area contributed by atoms with Gasteiger partial charge in [-0.15, -0.1) is 5.10 Å².